The van der Waals surface area contributed by atoms with E-state index in [-0.39, 0.29) is 6.17 Å². The molecule has 1 aliphatic heterocycles. The summed E-state index contributed by atoms with van der Waals surface area (Å²) in [7, 11) is 0. The van der Waals surface area contributed by atoms with Gasteiger partial charge in [0, 0.05) is 6.54 Å². The fourth-order valence-corrected chi connectivity index (χ4v) is 1.54. The molecule has 0 saturated carbocycles. The zero-order valence-corrected chi connectivity index (χ0v) is 6.38. The zero-order chi connectivity index (χ0) is 7.68. The minimum absolute atomic E-state index is 0.0416. The number of hydrogen-bond donors (Lipinski definition) is 2. The van der Waals surface area contributed by atoms with E-state index in [0.717, 1.165) is 13.0 Å². The lowest BCUT2D eigenvalue weighted by atomic mass is 9.99. The summed E-state index contributed by atoms with van der Waals surface area (Å²) < 4.78 is 0. The van der Waals surface area contributed by atoms with Gasteiger partial charge in [-0.3, -0.25) is 5.32 Å². The fourth-order valence-electron chi connectivity index (χ4n) is 1.54. The summed E-state index contributed by atoms with van der Waals surface area (Å²) in [5, 5.41) is 3.22. The van der Waals surface area contributed by atoms with E-state index in [2.05, 4.69) is 23.5 Å². The van der Waals surface area contributed by atoms with Crippen molar-refractivity contribution in [2.24, 2.45) is 5.73 Å². The van der Waals surface area contributed by atoms with Gasteiger partial charge in [0.2, 0.25) is 0 Å². The van der Waals surface area contributed by atoms with Crippen molar-refractivity contribution in [2.45, 2.75) is 12.6 Å². The molecule has 11 heavy (non-hydrogen) atoms. The van der Waals surface area contributed by atoms with E-state index in [9.17, 15) is 0 Å². The first-order valence-electron chi connectivity index (χ1n) is 3.95. The molecule has 1 aromatic rings. The monoisotopic (exact) mass is 148 g/mol. The summed E-state index contributed by atoms with van der Waals surface area (Å²) in [4.78, 5) is 0. The summed E-state index contributed by atoms with van der Waals surface area (Å²) in [6.07, 6.45) is 1.14. The third-order valence-corrected chi connectivity index (χ3v) is 2.15. The Morgan fingerprint density at radius 1 is 1.36 bits per heavy atom. The lowest BCUT2D eigenvalue weighted by molar-refractivity contribution is 0.521. The van der Waals surface area contributed by atoms with Gasteiger partial charge in [0.05, 0.1) is 6.17 Å². The molecule has 1 aliphatic rings. The summed E-state index contributed by atoms with van der Waals surface area (Å²) >= 11 is 0. The lowest BCUT2D eigenvalue weighted by Crippen LogP contribution is -2.35. The smallest absolute Gasteiger partial charge is 0.0812 e. The second-order valence-corrected chi connectivity index (χ2v) is 2.88. The number of fused-ring (bicyclic) bond motifs is 1. The largest absolute Gasteiger partial charge is 0.312 e. The molecule has 0 saturated heterocycles. The van der Waals surface area contributed by atoms with Crippen LogP contribution in [0, 0.1) is 0 Å². The molecule has 0 amide bonds. The topological polar surface area (TPSA) is 38.0 Å². The number of nitrogens with one attached hydrogen (secondary N) is 1. The van der Waals surface area contributed by atoms with Gasteiger partial charge in [-0.2, -0.15) is 0 Å². The van der Waals surface area contributed by atoms with Crippen molar-refractivity contribution in [1.29, 1.82) is 0 Å². The molecule has 0 radical (unpaired) electrons. The number of benzene rings is 1. The Labute approximate surface area is 66.4 Å². The second-order valence-electron chi connectivity index (χ2n) is 2.88. The van der Waals surface area contributed by atoms with Gasteiger partial charge in [0.15, 0.2) is 0 Å². The molecule has 1 aromatic carbocycles. The molecular weight excluding hydrogens is 136 g/mol. The van der Waals surface area contributed by atoms with Gasteiger partial charge < -0.3 is 5.73 Å². The van der Waals surface area contributed by atoms with Crippen molar-refractivity contribution in [2.75, 3.05) is 6.54 Å². The summed E-state index contributed by atoms with van der Waals surface area (Å²) in [6.45, 7) is 0.998. The highest BCUT2D eigenvalue weighted by Crippen LogP contribution is 2.17. The molecule has 1 unspecified atom stereocenters. The highest BCUT2D eigenvalue weighted by molar-refractivity contribution is 5.31. The van der Waals surface area contributed by atoms with E-state index in [0.29, 0.717) is 0 Å². The number of hydrogen-bond acceptors (Lipinski definition) is 2. The van der Waals surface area contributed by atoms with Gasteiger partial charge in [-0.1, -0.05) is 24.3 Å². The summed E-state index contributed by atoms with van der Waals surface area (Å²) in [6, 6.07) is 8.34. The highest BCUT2D eigenvalue weighted by Gasteiger charge is 2.13. The van der Waals surface area contributed by atoms with E-state index >= 15 is 0 Å². The van der Waals surface area contributed by atoms with E-state index in [1.807, 2.05) is 6.07 Å². The Morgan fingerprint density at radius 2 is 2.18 bits per heavy atom. The van der Waals surface area contributed by atoms with E-state index < -0.39 is 0 Å². The average Bonchev–Trinajstić information content (AvgIpc) is 2.06. The van der Waals surface area contributed by atoms with E-state index in [1.165, 1.54) is 11.1 Å². The van der Waals surface area contributed by atoms with Crippen LogP contribution in [-0.4, -0.2) is 6.54 Å². The van der Waals surface area contributed by atoms with E-state index in [1.54, 1.807) is 0 Å². The Kier molecular flexibility index (Phi) is 1.64. The Morgan fingerprint density at radius 3 is 3.00 bits per heavy atom. The van der Waals surface area contributed by atoms with Crippen molar-refractivity contribution in [3.05, 3.63) is 35.4 Å². The fraction of sp³-hybridized carbons (Fsp3) is 0.333. The minimum atomic E-state index is 0.0416. The Balaban J connectivity index is 2.44. The van der Waals surface area contributed by atoms with Crippen LogP contribution in [0.15, 0.2) is 24.3 Å². The quantitative estimate of drug-likeness (QED) is 0.571. The molecule has 2 rings (SSSR count). The van der Waals surface area contributed by atoms with Gasteiger partial charge in [-0.15, -0.1) is 0 Å². The normalized spacial score (nSPS) is 22.8. The third-order valence-electron chi connectivity index (χ3n) is 2.15. The van der Waals surface area contributed by atoms with Crippen molar-refractivity contribution >= 4 is 0 Å². The van der Waals surface area contributed by atoms with Crippen LogP contribution in [0.4, 0.5) is 0 Å². The lowest BCUT2D eigenvalue weighted by Gasteiger charge is -2.23. The maximum atomic E-state index is 5.84. The predicted molar refractivity (Wildman–Crippen MR) is 45.1 cm³/mol. The predicted octanol–water partition coefficient (Wildman–Crippen LogP) is 0.790. The van der Waals surface area contributed by atoms with Crippen molar-refractivity contribution in [3.63, 3.8) is 0 Å². The van der Waals surface area contributed by atoms with Crippen LogP contribution in [0.2, 0.25) is 0 Å². The molecule has 3 N–H and O–H groups in total. The minimum Gasteiger partial charge on any atom is -0.312 e. The number of nitrogens with two attached hydrogens (primary N) is 1. The first-order valence-corrected chi connectivity index (χ1v) is 3.95. The molecule has 1 atom stereocenters. The molecular formula is C9H12N2. The zero-order valence-electron chi connectivity index (χ0n) is 6.38. The highest BCUT2D eigenvalue weighted by atomic mass is 15.0. The van der Waals surface area contributed by atoms with Crippen LogP contribution < -0.4 is 11.1 Å². The Bertz CT molecular complexity index is 257. The summed E-state index contributed by atoms with van der Waals surface area (Å²) in [5.41, 5.74) is 8.47. The maximum Gasteiger partial charge on any atom is 0.0812 e. The van der Waals surface area contributed by atoms with Crippen LogP contribution in [-0.2, 0) is 6.42 Å². The van der Waals surface area contributed by atoms with Gasteiger partial charge in [-0.05, 0) is 17.5 Å². The van der Waals surface area contributed by atoms with Crippen molar-refractivity contribution < 1.29 is 0 Å². The molecule has 1 heterocycles. The molecule has 58 valence electrons. The molecule has 2 nitrogen and oxygen atoms in total. The van der Waals surface area contributed by atoms with Crippen LogP contribution in [0.3, 0.4) is 0 Å². The average molecular weight is 148 g/mol. The van der Waals surface area contributed by atoms with Gasteiger partial charge >= 0.3 is 0 Å². The van der Waals surface area contributed by atoms with Crippen LogP contribution in [0.5, 0.6) is 0 Å². The number of rotatable bonds is 0. The van der Waals surface area contributed by atoms with Crippen molar-refractivity contribution in [3.8, 4) is 0 Å². The first kappa shape index (κ1) is 6.83. The second kappa shape index (κ2) is 2.64. The third kappa shape index (κ3) is 1.15. The van der Waals surface area contributed by atoms with Crippen LogP contribution in [0.25, 0.3) is 0 Å². The van der Waals surface area contributed by atoms with Gasteiger partial charge in [0.25, 0.3) is 0 Å². The summed E-state index contributed by atoms with van der Waals surface area (Å²) in [5.74, 6) is 0. The molecule has 0 spiro atoms. The molecule has 0 aromatic heterocycles. The van der Waals surface area contributed by atoms with Crippen molar-refractivity contribution in [1.82, 2.24) is 5.32 Å². The first-order chi connectivity index (χ1) is 5.38. The molecule has 0 bridgehead atoms. The maximum absolute atomic E-state index is 5.84. The molecule has 0 aliphatic carbocycles. The van der Waals surface area contributed by atoms with Gasteiger partial charge in [-0.25, -0.2) is 0 Å². The van der Waals surface area contributed by atoms with E-state index in [4.69, 9.17) is 5.73 Å². The molecule has 0 fully saturated rings. The standard InChI is InChI=1S/C9H12N2/c10-9-8-4-2-1-3-7(8)5-6-11-9/h1-4,9,11H,5-6,10H2. The SMILES string of the molecule is NC1NCCc2ccccc21. The van der Waals surface area contributed by atoms with Crippen LogP contribution in [0.1, 0.15) is 17.3 Å². The Hall–Kier alpha value is -0.860. The van der Waals surface area contributed by atoms with Gasteiger partial charge in [0.1, 0.15) is 0 Å². The van der Waals surface area contributed by atoms with Crippen LogP contribution >= 0.6 is 0 Å². The molecule has 2 heteroatoms.